The second kappa shape index (κ2) is 5.19. The highest BCUT2D eigenvalue weighted by molar-refractivity contribution is 9.10. The van der Waals surface area contributed by atoms with Gasteiger partial charge in [-0.3, -0.25) is 0 Å². The van der Waals surface area contributed by atoms with Crippen molar-refractivity contribution in [3.05, 3.63) is 57.8 Å². The van der Waals surface area contributed by atoms with Crippen LogP contribution in [-0.4, -0.2) is 0 Å². The summed E-state index contributed by atoms with van der Waals surface area (Å²) in [6, 6.07) is 11.8. The highest BCUT2D eigenvalue weighted by Crippen LogP contribution is 2.26. The van der Waals surface area contributed by atoms with Crippen molar-refractivity contribution in [2.75, 3.05) is 0 Å². The van der Waals surface area contributed by atoms with E-state index in [4.69, 9.17) is 10.00 Å². The lowest BCUT2D eigenvalue weighted by Crippen LogP contribution is -1.88. The molecule has 0 saturated heterocycles. The average Bonchev–Trinajstić information content (AvgIpc) is 2.34. The molecule has 0 atom stereocenters. The minimum absolute atomic E-state index is 0.377. The fraction of sp³-hybridized carbons (Fsp3) is 0.0714. The molecule has 4 heteroatoms. The summed E-state index contributed by atoms with van der Waals surface area (Å²) in [5.41, 5.74) is 1.43. The number of rotatable bonds is 2. The summed E-state index contributed by atoms with van der Waals surface area (Å²) in [5, 5.41) is 8.82. The van der Waals surface area contributed by atoms with Gasteiger partial charge in [0, 0.05) is 6.07 Å². The maximum atomic E-state index is 13.3. The van der Waals surface area contributed by atoms with Crippen molar-refractivity contribution in [3.63, 3.8) is 0 Å². The highest BCUT2D eigenvalue weighted by atomic mass is 79.9. The predicted molar refractivity (Wildman–Crippen MR) is 70.1 cm³/mol. The molecule has 0 amide bonds. The Morgan fingerprint density at radius 3 is 2.44 bits per heavy atom. The van der Waals surface area contributed by atoms with Crippen LogP contribution in [0.4, 0.5) is 4.39 Å². The molecule has 0 aliphatic heterocycles. The van der Waals surface area contributed by atoms with Crippen molar-refractivity contribution in [1.29, 1.82) is 5.26 Å². The van der Waals surface area contributed by atoms with E-state index < -0.39 is 0 Å². The van der Waals surface area contributed by atoms with Crippen LogP contribution in [0.15, 0.2) is 40.9 Å². The quantitative estimate of drug-likeness (QED) is 0.815. The van der Waals surface area contributed by atoms with E-state index in [1.54, 1.807) is 30.3 Å². The Labute approximate surface area is 113 Å². The fourth-order valence-corrected chi connectivity index (χ4v) is 1.75. The minimum atomic E-state index is -0.377. The second-order valence-electron chi connectivity index (χ2n) is 3.77. The number of nitriles is 1. The van der Waals surface area contributed by atoms with Crippen LogP contribution in [0.25, 0.3) is 0 Å². The number of nitrogens with zero attached hydrogens (tertiary/aromatic N) is 1. The van der Waals surface area contributed by atoms with Crippen molar-refractivity contribution in [3.8, 4) is 17.6 Å². The van der Waals surface area contributed by atoms with Crippen molar-refractivity contribution < 1.29 is 9.13 Å². The summed E-state index contributed by atoms with van der Waals surface area (Å²) in [6.07, 6.45) is 0. The Balaban J connectivity index is 2.26. The third-order valence-corrected chi connectivity index (χ3v) is 3.09. The van der Waals surface area contributed by atoms with Gasteiger partial charge in [0.05, 0.1) is 16.1 Å². The molecular weight excluding hydrogens is 297 g/mol. The molecule has 2 rings (SSSR count). The smallest absolute Gasteiger partial charge is 0.141 e. The van der Waals surface area contributed by atoms with Crippen LogP contribution in [0.2, 0.25) is 0 Å². The first-order valence-corrected chi connectivity index (χ1v) is 6.03. The number of hydrogen-bond donors (Lipinski definition) is 0. The zero-order valence-corrected chi connectivity index (χ0v) is 11.2. The normalized spacial score (nSPS) is 9.89. The van der Waals surface area contributed by atoms with E-state index in [0.717, 1.165) is 5.56 Å². The summed E-state index contributed by atoms with van der Waals surface area (Å²) in [4.78, 5) is 0. The second-order valence-corrected chi connectivity index (χ2v) is 4.62. The maximum Gasteiger partial charge on any atom is 0.141 e. The standard InChI is InChI=1S/C14H9BrFNO/c1-9-6-11(3-2-10(9)8-17)18-12-4-5-13(15)14(16)7-12/h2-7H,1H3. The highest BCUT2D eigenvalue weighted by Gasteiger charge is 2.04. The molecule has 0 saturated carbocycles. The zero-order chi connectivity index (χ0) is 13.1. The van der Waals surface area contributed by atoms with Crippen molar-refractivity contribution in [2.24, 2.45) is 0 Å². The van der Waals surface area contributed by atoms with Gasteiger partial charge in [-0.25, -0.2) is 4.39 Å². The molecular formula is C14H9BrFNO. The minimum Gasteiger partial charge on any atom is -0.457 e. The van der Waals surface area contributed by atoms with E-state index in [1.807, 2.05) is 6.92 Å². The largest absolute Gasteiger partial charge is 0.457 e. The first-order chi connectivity index (χ1) is 8.60. The average molecular weight is 306 g/mol. The zero-order valence-electron chi connectivity index (χ0n) is 9.58. The van der Waals surface area contributed by atoms with Gasteiger partial charge in [0.25, 0.3) is 0 Å². The summed E-state index contributed by atoms with van der Waals surface area (Å²) >= 11 is 3.08. The molecule has 2 aromatic rings. The number of aryl methyl sites for hydroxylation is 1. The summed E-state index contributed by atoms with van der Waals surface area (Å²) in [5.74, 6) is 0.617. The van der Waals surface area contributed by atoms with Gasteiger partial charge in [-0.2, -0.15) is 5.26 Å². The first kappa shape index (κ1) is 12.6. The number of benzene rings is 2. The van der Waals surface area contributed by atoms with E-state index in [9.17, 15) is 4.39 Å². The van der Waals surface area contributed by atoms with E-state index in [-0.39, 0.29) is 5.82 Å². The molecule has 90 valence electrons. The molecule has 0 spiro atoms. The third kappa shape index (κ3) is 2.69. The van der Waals surface area contributed by atoms with Crippen LogP contribution in [-0.2, 0) is 0 Å². The van der Waals surface area contributed by atoms with Crippen LogP contribution in [0.1, 0.15) is 11.1 Å². The van der Waals surface area contributed by atoms with Crippen LogP contribution >= 0.6 is 15.9 Å². The molecule has 0 radical (unpaired) electrons. The van der Waals surface area contributed by atoms with Crippen molar-refractivity contribution in [2.45, 2.75) is 6.92 Å². The number of ether oxygens (including phenoxy) is 1. The molecule has 2 aromatic carbocycles. The molecule has 0 bridgehead atoms. The van der Waals surface area contributed by atoms with Gasteiger partial charge in [-0.05, 0) is 58.7 Å². The van der Waals surface area contributed by atoms with Gasteiger partial charge in [0.2, 0.25) is 0 Å². The first-order valence-electron chi connectivity index (χ1n) is 5.24. The Morgan fingerprint density at radius 2 is 1.83 bits per heavy atom. The molecule has 18 heavy (non-hydrogen) atoms. The summed E-state index contributed by atoms with van der Waals surface area (Å²) in [6.45, 7) is 1.83. The van der Waals surface area contributed by atoms with Crippen molar-refractivity contribution >= 4 is 15.9 Å². The SMILES string of the molecule is Cc1cc(Oc2ccc(Br)c(F)c2)ccc1C#N. The van der Waals surface area contributed by atoms with Gasteiger partial charge in [-0.1, -0.05) is 0 Å². The molecule has 2 nitrogen and oxygen atoms in total. The van der Waals surface area contributed by atoms with Gasteiger partial charge in [-0.15, -0.1) is 0 Å². The molecule has 0 aliphatic rings. The van der Waals surface area contributed by atoms with Crippen LogP contribution < -0.4 is 4.74 Å². The monoisotopic (exact) mass is 305 g/mol. The molecule has 0 heterocycles. The molecule has 0 fully saturated rings. The van der Waals surface area contributed by atoms with Gasteiger partial charge in [0.1, 0.15) is 17.3 Å². The Morgan fingerprint density at radius 1 is 1.17 bits per heavy atom. The van der Waals surface area contributed by atoms with Crippen molar-refractivity contribution in [1.82, 2.24) is 0 Å². The predicted octanol–water partition coefficient (Wildman–Crippen LogP) is 4.56. The molecule has 0 aliphatic carbocycles. The lowest BCUT2D eigenvalue weighted by molar-refractivity contribution is 0.476. The number of halogens is 2. The van der Waals surface area contributed by atoms with Crippen LogP contribution in [0.3, 0.4) is 0 Å². The topological polar surface area (TPSA) is 33.0 Å². The van der Waals surface area contributed by atoms with E-state index in [1.165, 1.54) is 6.07 Å². The van der Waals surface area contributed by atoms with E-state index >= 15 is 0 Å². The molecule has 0 aromatic heterocycles. The Hall–Kier alpha value is -1.86. The number of hydrogen-bond acceptors (Lipinski definition) is 2. The maximum absolute atomic E-state index is 13.3. The molecule has 0 N–H and O–H groups in total. The van der Waals surface area contributed by atoms with Crippen LogP contribution in [0.5, 0.6) is 11.5 Å². The Kier molecular flexibility index (Phi) is 3.63. The van der Waals surface area contributed by atoms with E-state index in [2.05, 4.69) is 22.0 Å². The van der Waals surface area contributed by atoms with Gasteiger partial charge < -0.3 is 4.74 Å². The lowest BCUT2D eigenvalue weighted by atomic mass is 10.1. The fourth-order valence-electron chi connectivity index (χ4n) is 1.50. The van der Waals surface area contributed by atoms with Crippen LogP contribution in [0, 0.1) is 24.1 Å². The lowest BCUT2D eigenvalue weighted by Gasteiger charge is -2.07. The summed E-state index contributed by atoms with van der Waals surface area (Å²) in [7, 11) is 0. The molecule has 0 unspecified atom stereocenters. The third-order valence-electron chi connectivity index (χ3n) is 2.45. The Bertz CT molecular complexity index is 634. The van der Waals surface area contributed by atoms with E-state index in [0.29, 0.717) is 21.5 Å². The van der Waals surface area contributed by atoms with Gasteiger partial charge in [0.15, 0.2) is 0 Å². The van der Waals surface area contributed by atoms with Gasteiger partial charge >= 0.3 is 0 Å². The summed E-state index contributed by atoms with van der Waals surface area (Å²) < 4.78 is 19.2.